The molecule has 1 aromatic heterocycles. The standard InChI is InChI=1S/C21H24N2O5S/c1-3-4-12-28-14-10-8-13(9-11-14)18(24)22-20-17(19(25)23-21(26)27-2)15-6-5-7-16(15)29-20/h8-11H,3-7,12H2,1-2H3,(H,22,24)(H,23,25,26). The summed E-state index contributed by atoms with van der Waals surface area (Å²) in [5, 5.41) is 5.46. The molecule has 1 heterocycles. The average Bonchev–Trinajstić information content (AvgIpc) is 3.29. The highest BCUT2D eigenvalue weighted by atomic mass is 32.1. The van der Waals surface area contributed by atoms with Crippen LogP contribution in [0.3, 0.4) is 0 Å². The maximum atomic E-state index is 12.7. The Kier molecular flexibility index (Phi) is 6.87. The summed E-state index contributed by atoms with van der Waals surface area (Å²) in [6.45, 7) is 2.73. The predicted octanol–water partition coefficient (Wildman–Crippen LogP) is 4.16. The molecule has 29 heavy (non-hydrogen) atoms. The van der Waals surface area contributed by atoms with Crippen LogP contribution in [0.15, 0.2) is 24.3 Å². The number of unbranched alkanes of at least 4 members (excludes halogenated alkanes) is 1. The number of anilines is 1. The van der Waals surface area contributed by atoms with Gasteiger partial charge in [-0.15, -0.1) is 11.3 Å². The Morgan fingerprint density at radius 3 is 2.55 bits per heavy atom. The van der Waals surface area contributed by atoms with E-state index in [1.54, 1.807) is 24.3 Å². The van der Waals surface area contributed by atoms with Crippen LogP contribution < -0.4 is 15.4 Å². The first kappa shape index (κ1) is 20.9. The minimum absolute atomic E-state index is 0.322. The molecule has 0 saturated carbocycles. The Morgan fingerprint density at radius 2 is 1.86 bits per heavy atom. The molecule has 0 fully saturated rings. The summed E-state index contributed by atoms with van der Waals surface area (Å²) in [5.74, 6) is -0.174. The van der Waals surface area contributed by atoms with Gasteiger partial charge in [-0.05, 0) is 55.5 Å². The van der Waals surface area contributed by atoms with Gasteiger partial charge >= 0.3 is 6.09 Å². The number of benzene rings is 1. The van der Waals surface area contributed by atoms with Gasteiger partial charge in [0.15, 0.2) is 0 Å². The van der Waals surface area contributed by atoms with Crippen LogP contribution >= 0.6 is 11.3 Å². The normalized spacial score (nSPS) is 12.2. The molecule has 1 aromatic carbocycles. The molecule has 8 heteroatoms. The maximum Gasteiger partial charge on any atom is 0.413 e. The van der Waals surface area contributed by atoms with E-state index < -0.39 is 12.0 Å². The van der Waals surface area contributed by atoms with Gasteiger partial charge in [-0.2, -0.15) is 0 Å². The Balaban J connectivity index is 1.75. The van der Waals surface area contributed by atoms with Crippen LogP contribution in [0.5, 0.6) is 5.75 Å². The number of aryl methyl sites for hydroxylation is 1. The summed E-state index contributed by atoms with van der Waals surface area (Å²) >= 11 is 1.38. The first-order valence-corrected chi connectivity index (χ1v) is 10.4. The highest BCUT2D eigenvalue weighted by Crippen LogP contribution is 2.39. The average molecular weight is 416 g/mol. The second-order valence-electron chi connectivity index (χ2n) is 6.69. The Hall–Kier alpha value is -2.87. The summed E-state index contributed by atoms with van der Waals surface area (Å²) in [5.41, 5.74) is 1.70. The van der Waals surface area contributed by atoms with Crippen LogP contribution in [0.2, 0.25) is 0 Å². The number of hydrogen-bond donors (Lipinski definition) is 2. The Morgan fingerprint density at radius 1 is 1.10 bits per heavy atom. The second-order valence-corrected chi connectivity index (χ2v) is 7.79. The number of ether oxygens (including phenoxy) is 2. The summed E-state index contributed by atoms with van der Waals surface area (Å²) in [6.07, 6.45) is 3.75. The van der Waals surface area contributed by atoms with Crippen LogP contribution in [0.25, 0.3) is 0 Å². The van der Waals surface area contributed by atoms with Crippen LogP contribution in [-0.4, -0.2) is 31.6 Å². The largest absolute Gasteiger partial charge is 0.494 e. The topological polar surface area (TPSA) is 93.7 Å². The molecule has 1 aliphatic rings. The van der Waals surface area contributed by atoms with E-state index in [1.807, 2.05) is 0 Å². The zero-order chi connectivity index (χ0) is 20.8. The van der Waals surface area contributed by atoms with Gasteiger partial charge in [-0.1, -0.05) is 13.3 Å². The fraction of sp³-hybridized carbons (Fsp3) is 0.381. The molecule has 154 valence electrons. The fourth-order valence-corrected chi connectivity index (χ4v) is 4.43. The molecule has 3 amide bonds. The highest BCUT2D eigenvalue weighted by Gasteiger charge is 2.28. The molecule has 0 saturated heterocycles. The van der Waals surface area contributed by atoms with Gasteiger partial charge in [-0.3, -0.25) is 14.9 Å². The number of hydrogen-bond acceptors (Lipinski definition) is 6. The van der Waals surface area contributed by atoms with E-state index in [0.29, 0.717) is 28.5 Å². The molecule has 3 rings (SSSR count). The molecular formula is C21H24N2O5S. The minimum Gasteiger partial charge on any atom is -0.494 e. The molecule has 0 atom stereocenters. The SMILES string of the molecule is CCCCOc1ccc(C(=O)Nc2sc3c(c2C(=O)NC(=O)OC)CCC3)cc1. The van der Waals surface area contributed by atoms with Gasteiger partial charge in [0.2, 0.25) is 0 Å². The van der Waals surface area contributed by atoms with E-state index in [9.17, 15) is 14.4 Å². The summed E-state index contributed by atoms with van der Waals surface area (Å²) in [6, 6.07) is 6.88. The number of amides is 3. The third-order valence-electron chi connectivity index (χ3n) is 4.66. The fourth-order valence-electron chi connectivity index (χ4n) is 3.15. The third-order valence-corrected chi connectivity index (χ3v) is 5.87. The lowest BCUT2D eigenvalue weighted by molar-refractivity contribution is 0.0937. The van der Waals surface area contributed by atoms with Crippen LogP contribution in [0, 0.1) is 0 Å². The van der Waals surface area contributed by atoms with Gasteiger partial charge in [-0.25, -0.2) is 4.79 Å². The molecule has 0 bridgehead atoms. The third kappa shape index (κ3) is 4.95. The van der Waals surface area contributed by atoms with Crippen molar-refractivity contribution in [1.29, 1.82) is 0 Å². The molecule has 0 spiro atoms. The molecule has 7 nitrogen and oxygen atoms in total. The van der Waals surface area contributed by atoms with E-state index in [0.717, 1.165) is 42.5 Å². The minimum atomic E-state index is -0.830. The molecule has 2 N–H and O–H groups in total. The number of nitrogens with one attached hydrogen (secondary N) is 2. The smallest absolute Gasteiger partial charge is 0.413 e. The number of imide groups is 1. The van der Waals surface area contributed by atoms with Gasteiger partial charge in [0.1, 0.15) is 10.8 Å². The lowest BCUT2D eigenvalue weighted by Crippen LogP contribution is -2.31. The first-order chi connectivity index (χ1) is 14.0. The van der Waals surface area contributed by atoms with Gasteiger partial charge < -0.3 is 14.8 Å². The van der Waals surface area contributed by atoms with Gasteiger partial charge in [0.05, 0.1) is 19.3 Å². The van der Waals surface area contributed by atoms with Gasteiger partial charge in [0.25, 0.3) is 11.8 Å². The monoisotopic (exact) mass is 416 g/mol. The molecule has 1 aliphatic carbocycles. The van der Waals surface area contributed by atoms with Crippen molar-refractivity contribution in [2.24, 2.45) is 0 Å². The number of thiophene rings is 1. The van der Waals surface area contributed by atoms with Crippen molar-refractivity contribution < 1.29 is 23.9 Å². The number of rotatable bonds is 7. The molecule has 2 aromatic rings. The quantitative estimate of drug-likeness (QED) is 0.661. The van der Waals surface area contributed by atoms with E-state index in [1.165, 1.54) is 18.4 Å². The summed E-state index contributed by atoms with van der Waals surface area (Å²) in [4.78, 5) is 37.8. The molecule has 0 unspecified atom stereocenters. The lowest BCUT2D eigenvalue weighted by atomic mass is 10.1. The first-order valence-electron chi connectivity index (χ1n) is 9.61. The molecule has 0 aliphatic heterocycles. The number of methoxy groups -OCH3 is 1. The van der Waals surface area contributed by atoms with Crippen molar-refractivity contribution in [3.05, 3.63) is 45.8 Å². The van der Waals surface area contributed by atoms with Crippen molar-refractivity contribution in [2.45, 2.75) is 39.0 Å². The number of carbonyl (C=O) groups excluding carboxylic acids is 3. The number of fused-ring (bicyclic) bond motifs is 1. The second kappa shape index (κ2) is 9.56. The lowest BCUT2D eigenvalue weighted by Gasteiger charge is -2.09. The summed E-state index contributed by atoms with van der Waals surface area (Å²) < 4.78 is 10.1. The molecule has 0 radical (unpaired) electrons. The van der Waals surface area contributed by atoms with E-state index >= 15 is 0 Å². The Bertz CT molecular complexity index is 905. The van der Waals surface area contributed by atoms with Crippen LogP contribution in [0.4, 0.5) is 9.80 Å². The Labute approximate surface area is 173 Å². The van der Waals surface area contributed by atoms with Crippen LogP contribution in [0.1, 0.15) is 57.3 Å². The summed E-state index contributed by atoms with van der Waals surface area (Å²) in [7, 11) is 1.19. The highest BCUT2D eigenvalue weighted by molar-refractivity contribution is 7.17. The van der Waals surface area contributed by atoms with E-state index in [2.05, 4.69) is 22.3 Å². The van der Waals surface area contributed by atoms with E-state index in [-0.39, 0.29) is 5.91 Å². The van der Waals surface area contributed by atoms with Crippen molar-refractivity contribution >= 4 is 34.2 Å². The van der Waals surface area contributed by atoms with Crippen molar-refractivity contribution in [3.8, 4) is 5.75 Å². The molecular weight excluding hydrogens is 392 g/mol. The van der Waals surface area contributed by atoms with Crippen LogP contribution in [-0.2, 0) is 17.6 Å². The van der Waals surface area contributed by atoms with Crippen molar-refractivity contribution in [2.75, 3.05) is 19.0 Å². The number of carbonyl (C=O) groups is 3. The van der Waals surface area contributed by atoms with Crippen molar-refractivity contribution in [1.82, 2.24) is 5.32 Å². The zero-order valence-electron chi connectivity index (χ0n) is 16.5. The number of alkyl carbamates (subject to hydrolysis) is 1. The van der Waals surface area contributed by atoms with E-state index in [4.69, 9.17) is 4.74 Å². The maximum absolute atomic E-state index is 12.7. The zero-order valence-corrected chi connectivity index (χ0v) is 17.3. The predicted molar refractivity (Wildman–Crippen MR) is 111 cm³/mol. The van der Waals surface area contributed by atoms with Gasteiger partial charge in [0, 0.05) is 10.4 Å². The van der Waals surface area contributed by atoms with Crippen molar-refractivity contribution in [3.63, 3.8) is 0 Å².